The van der Waals surface area contributed by atoms with E-state index in [1.165, 1.54) is 6.07 Å². The van der Waals surface area contributed by atoms with Crippen molar-refractivity contribution in [3.63, 3.8) is 0 Å². The van der Waals surface area contributed by atoms with Gasteiger partial charge in [-0.3, -0.25) is 0 Å². The highest BCUT2D eigenvalue weighted by atomic mass is 19.3. The van der Waals surface area contributed by atoms with Crippen molar-refractivity contribution in [3.8, 4) is 0 Å². The molecule has 0 radical (unpaired) electrons. The highest BCUT2D eigenvalue weighted by Gasteiger charge is 2.14. The fourth-order valence-electron chi connectivity index (χ4n) is 1.84. The smallest absolute Gasteiger partial charge is 0.265 e. The van der Waals surface area contributed by atoms with Crippen LogP contribution in [0.3, 0.4) is 0 Å². The Balaban J connectivity index is 2.50. The van der Waals surface area contributed by atoms with Gasteiger partial charge >= 0.3 is 0 Å². The van der Waals surface area contributed by atoms with Crippen LogP contribution in [0.2, 0.25) is 0 Å². The van der Waals surface area contributed by atoms with Crippen LogP contribution in [0.1, 0.15) is 12.0 Å². The van der Waals surface area contributed by atoms with Crippen LogP contribution in [0.25, 0.3) is 10.9 Å². The number of aromatic nitrogens is 1. The highest BCUT2D eigenvalue weighted by molar-refractivity contribution is 5.83. The summed E-state index contributed by atoms with van der Waals surface area (Å²) < 4.78 is 32.4. The van der Waals surface area contributed by atoms with Gasteiger partial charge in [0.1, 0.15) is 0 Å². The van der Waals surface area contributed by atoms with Gasteiger partial charge in [0.25, 0.3) is 6.43 Å². The third-order valence-electron chi connectivity index (χ3n) is 2.59. The average Bonchev–Trinajstić information content (AvgIpc) is 2.69. The van der Waals surface area contributed by atoms with Gasteiger partial charge in [-0.25, -0.2) is 8.78 Å². The van der Waals surface area contributed by atoms with Crippen LogP contribution >= 0.6 is 0 Å². The summed E-state index contributed by atoms with van der Waals surface area (Å²) in [7, 11) is 1.60. The average molecular weight is 225 g/mol. The number of fused-ring (bicyclic) bond motifs is 1. The number of halogens is 2. The topological polar surface area (TPSA) is 14.2 Å². The van der Waals surface area contributed by atoms with Crippen molar-refractivity contribution in [2.75, 3.05) is 13.7 Å². The van der Waals surface area contributed by atoms with Crippen molar-refractivity contribution >= 4 is 10.9 Å². The molecular weight excluding hydrogens is 212 g/mol. The molecule has 86 valence electrons. The van der Waals surface area contributed by atoms with Gasteiger partial charge in [-0.1, -0.05) is 18.2 Å². The molecule has 0 N–H and O–H groups in total. The minimum absolute atomic E-state index is 0.0820. The van der Waals surface area contributed by atoms with E-state index in [1.54, 1.807) is 17.7 Å². The van der Waals surface area contributed by atoms with Gasteiger partial charge in [0.2, 0.25) is 0 Å². The third-order valence-corrected chi connectivity index (χ3v) is 2.59. The van der Waals surface area contributed by atoms with Crippen LogP contribution in [-0.2, 0) is 11.3 Å². The van der Waals surface area contributed by atoms with E-state index in [4.69, 9.17) is 4.74 Å². The van der Waals surface area contributed by atoms with Gasteiger partial charge < -0.3 is 9.30 Å². The Bertz CT molecular complexity index is 479. The zero-order valence-corrected chi connectivity index (χ0v) is 8.99. The Morgan fingerprint density at radius 2 is 2.12 bits per heavy atom. The van der Waals surface area contributed by atoms with Gasteiger partial charge in [-0.15, -0.1) is 0 Å². The Kier molecular flexibility index (Phi) is 3.19. The molecule has 0 unspecified atom stereocenters. The fraction of sp³-hybridized carbons (Fsp3) is 0.333. The molecule has 1 aromatic carbocycles. The maximum absolute atomic E-state index is 12.8. The zero-order valence-electron chi connectivity index (χ0n) is 8.99. The molecule has 2 rings (SSSR count). The number of alkyl halides is 2. The number of hydrogen-bond donors (Lipinski definition) is 0. The lowest BCUT2D eigenvalue weighted by Gasteiger charge is -2.08. The second-order valence-corrected chi connectivity index (χ2v) is 3.59. The van der Waals surface area contributed by atoms with E-state index in [2.05, 4.69) is 0 Å². The van der Waals surface area contributed by atoms with Crippen molar-refractivity contribution in [1.29, 1.82) is 0 Å². The first-order chi connectivity index (χ1) is 7.74. The normalized spacial score (nSPS) is 11.5. The number of benzene rings is 1. The Morgan fingerprint density at radius 1 is 1.31 bits per heavy atom. The molecule has 0 saturated carbocycles. The molecule has 4 heteroatoms. The first kappa shape index (κ1) is 11.1. The van der Waals surface area contributed by atoms with E-state index in [1.807, 2.05) is 18.3 Å². The van der Waals surface area contributed by atoms with E-state index in [-0.39, 0.29) is 5.56 Å². The first-order valence-corrected chi connectivity index (χ1v) is 5.09. The predicted octanol–water partition coefficient (Wildman–Crippen LogP) is 3.23. The van der Waals surface area contributed by atoms with Crippen molar-refractivity contribution < 1.29 is 13.5 Å². The van der Waals surface area contributed by atoms with Crippen molar-refractivity contribution in [3.05, 3.63) is 36.0 Å². The molecule has 0 fully saturated rings. The van der Waals surface area contributed by atoms with Crippen LogP contribution in [0.4, 0.5) is 8.78 Å². The quantitative estimate of drug-likeness (QED) is 0.779. The molecule has 0 atom stereocenters. The second kappa shape index (κ2) is 4.61. The molecule has 0 bridgehead atoms. The minimum Gasteiger partial charge on any atom is -0.383 e. The van der Waals surface area contributed by atoms with E-state index >= 15 is 0 Å². The molecule has 0 spiro atoms. The molecule has 2 aromatic rings. The maximum atomic E-state index is 12.8. The van der Waals surface area contributed by atoms with Gasteiger partial charge in [0, 0.05) is 30.8 Å². The van der Waals surface area contributed by atoms with E-state index in [9.17, 15) is 8.78 Å². The summed E-state index contributed by atoms with van der Waals surface area (Å²) >= 11 is 0. The van der Waals surface area contributed by atoms with Gasteiger partial charge in [-0.2, -0.15) is 0 Å². The number of hydrogen-bond acceptors (Lipinski definition) is 1. The molecule has 1 heterocycles. The lowest BCUT2D eigenvalue weighted by Crippen LogP contribution is -2.04. The maximum Gasteiger partial charge on any atom is 0.265 e. The predicted molar refractivity (Wildman–Crippen MR) is 58.8 cm³/mol. The summed E-state index contributed by atoms with van der Waals surface area (Å²) in [5.41, 5.74) is 0.688. The third kappa shape index (κ3) is 1.93. The SMILES string of the molecule is COCCn1ccc2cccc(C(F)F)c21. The lowest BCUT2D eigenvalue weighted by atomic mass is 10.1. The monoisotopic (exact) mass is 225 g/mol. The molecule has 0 aliphatic rings. The molecule has 2 nitrogen and oxygen atoms in total. The van der Waals surface area contributed by atoms with Gasteiger partial charge in [0.05, 0.1) is 12.1 Å². The molecule has 16 heavy (non-hydrogen) atoms. The highest BCUT2D eigenvalue weighted by Crippen LogP contribution is 2.28. The molecular formula is C12H13F2NO. The van der Waals surface area contributed by atoms with E-state index < -0.39 is 6.43 Å². The number of nitrogens with zero attached hydrogens (tertiary/aromatic N) is 1. The van der Waals surface area contributed by atoms with Gasteiger partial charge in [-0.05, 0) is 6.07 Å². The fourth-order valence-corrected chi connectivity index (χ4v) is 1.84. The van der Waals surface area contributed by atoms with Crippen molar-refractivity contribution in [2.45, 2.75) is 13.0 Å². The standard InChI is InChI=1S/C12H13F2NO/c1-16-8-7-15-6-5-9-3-2-4-10(11(9)15)12(13)14/h2-6,12H,7-8H2,1H3. The molecule has 0 amide bonds. The summed E-state index contributed by atoms with van der Waals surface area (Å²) in [5.74, 6) is 0. The molecule has 1 aromatic heterocycles. The second-order valence-electron chi connectivity index (χ2n) is 3.59. The van der Waals surface area contributed by atoms with E-state index in [0.29, 0.717) is 18.7 Å². The summed E-state index contributed by atoms with van der Waals surface area (Å²) in [5, 5.41) is 0.842. The zero-order chi connectivity index (χ0) is 11.5. The number of rotatable bonds is 4. The number of para-hydroxylation sites is 1. The van der Waals surface area contributed by atoms with Crippen LogP contribution in [-0.4, -0.2) is 18.3 Å². The van der Waals surface area contributed by atoms with Crippen molar-refractivity contribution in [1.82, 2.24) is 4.57 Å². The van der Waals surface area contributed by atoms with Gasteiger partial charge in [0.15, 0.2) is 0 Å². The van der Waals surface area contributed by atoms with Crippen LogP contribution in [0.5, 0.6) is 0 Å². The van der Waals surface area contributed by atoms with Crippen LogP contribution in [0.15, 0.2) is 30.5 Å². The Hall–Kier alpha value is -1.42. The minimum atomic E-state index is -2.44. The van der Waals surface area contributed by atoms with Crippen LogP contribution in [0, 0.1) is 0 Å². The Morgan fingerprint density at radius 3 is 2.81 bits per heavy atom. The molecule has 0 aliphatic carbocycles. The lowest BCUT2D eigenvalue weighted by molar-refractivity contribution is 0.152. The Labute approximate surface area is 92.4 Å². The van der Waals surface area contributed by atoms with E-state index in [0.717, 1.165) is 5.39 Å². The number of ether oxygens (including phenoxy) is 1. The summed E-state index contributed by atoms with van der Waals surface area (Å²) in [6, 6.07) is 6.81. The largest absolute Gasteiger partial charge is 0.383 e. The summed E-state index contributed by atoms with van der Waals surface area (Å²) in [4.78, 5) is 0. The molecule has 0 saturated heterocycles. The van der Waals surface area contributed by atoms with Crippen LogP contribution < -0.4 is 0 Å². The summed E-state index contributed by atoms with van der Waals surface area (Å²) in [6.07, 6.45) is -0.629. The van der Waals surface area contributed by atoms with Crippen molar-refractivity contribution in [2.24, 2.45) is 0 Å². The number of methoxy groups -OCH3 is 1. The first-order valence-electron chi connectivity index (χ1n) is 5.09. The summed E-state index contributed by atoms with van der Waals surface area (Å²) in [6.45, 7) is 1.10. The molecule has 0 aliphatic heterocycles.